The van der Waals surface area contributed by atoms with Crippen molar-refractivity contribution in [2.75, 3.05) is 5.32 Å². The topological polar surface area (TPSA) is 60.7 Å². The second-order valence-corrected chi connectivity index (χ2v) is 6.13. The van der Waals surface area contributed by atoms with Crippen LogP contribution in [-0.2, 0) is 13.0 Å². The van der Waals surface area contributed by atoms with E-state index in [0.29, 0.717) is 17.9 Å². The molecule has 0 saturated carbocycles. The van der Waals surface area contributed by atoms with Crippen LogP contribution in [-0.4, -0.2) is 12.5 Å². The van der Waals surface area contributed by atoms with Gasteiger partial charge in [0.25, 0.3) is 5.91 Å². The number of carbonyl (C=O) groups is 1. The molecule has 0 aliphatic rings. The molecule has 5 nitrogen and oxygen atoms in total. The second-order valence-electron chi connectivity index (χ2n) is 6.13. The second kappa shape index (κ2) is 9.69. The summed E-state index contributed by atoms with van der Waals surface area (Å²) in [6, 6.07) is 13.3. The zero-order chi connectivity index (χ0) is 21.5. The third kappa shape index (κ3) is 5.44. The molecule has 1 heterocycles. The Kier molecular flexibility index (Phi) is 6.79. The molecule has 30 heavy (non-hydrogen) atoms. The van der Waals surface area contributed by atoms with Crippen LogP contribution in [0, 0.1) is 5.82 Å². The first kappa shape index (κ1) is 21.0. The van der Waals surface area contributed by atoms with Gasteiger partial charge in [0.2, 0.25) is 0 Å². The van der Waals surface area contributed by atoms with Crippen molar-refractivity contribution in [3.63, 3.8) is 0 Å². The molecule has 0 fully saturated rings. The van der Waals surface area contributed by atoms with Gasteiger partial charge in [-0.3, -0.25) is 4.79 Å². The number of carbonyl (C=O) groups excluding carboxylic acids is 1. The van der Waals surface area contributed by atoms with E-state index in [1.54, 1.807) is 12.1 Å². The molecular formula is C22H18F3NO4. The predicted molar refractivity (Wildman–Crippen MR) is 104 cm³/mol. The summed E-state index contributed by atoms with van der Waals surface area (Å²) in [4.78, 5) is 12.4. The van der Waals surface area contributed by atoms with Crippen LogP contribution < -0.4 is 14.8 Å². The van der Waals surface area contributed by atoms with Crippen molar-refractivity contribution >= 4 is 11.6 Å². The third-order valence-corrected chi connectivity index (χ3v) is 4.00. The quantitative estimate of drug-likeness (QED) is 0.462. The molecule has 8 heteroatoms. The highest BCUT2D eigenvalue weighted by Gasteiger charge is 2.17. The standard InChI is InChI=1S/C22H18F3NO4/c1-2-5-14-6-3-4-7-18(14)28-13-16-9-11-19(29-16)21(27)26-17-10-8-15(23)12-20(17)30-22(24)25/h2-4,6-12,22H,1,5,13H2,(H,26,27). The van der Waals surface area contributed by atoms with Gasteiger partial charge in [-0.05, 0) is 42.3 Å². The van der Waals surface area contributed by atoms with Crippen LogP contribution in [0.2, 0.25) is 0 Å². The molecule has 0 saturated heterocycles. The Labute approximate surface area is 170 Å². The van der Waals surface area contributed by atoms with E-state index in [4.69, 9.17) is 9.15 Å². The summed E-state index contributed by atoms with van der Waals surface area (Å²) >= 11 is 0. The lowest BCUT2D eigenvalue weighted by molar-refractivity contribution is -0.0495. The van der Waals surface area contributed by atoms with E-state index in [-0.39, 0.29) is 18.1 Å². The molecule has 156 valence electrons. The predicted octanol–water partition coefficient (Wildman–Crippen LogP) is 5.58. The number of amides is 1. The molecule has 0 atom stereocenters. The first-order chi connectivity index (χ1) is 14.5. The van der Waals surface area contributed by atoms with Crippen LogP contribution in [0.5, 0.6) is 11.5 Å². The summed E-state index contributed by atoms with van der Waals surface area (Å²) in [6.07, 6.45) is 2.40. The lowest BCUT2D eigenvalue weighted by Gasteiger charge is -2.11. The molecule has 0 spiro atoms. The van der Waals surface area contributed by atoms with Gasteiger partial charge in [0.15, 0.2) is 11.5 Å². The van der Waals surface area contributed by atoms with Crippen LogP contribution in [0.3, 0.4) is 0 Å². The van der Waals surface area contributed by atoms with Crippen molar-refractivity contribution in [2.45, 2.75) is 19.6 Å². The lowest BCUT2D eigenvalue weighted by Crippen LogP contribution is -2.13. The maximum Gasteiger partial charge on any atom is 0.387 e. The van der Waals surface area contributed by atoms with E-state index in [1.807, 2.05) is 24.3 Å². The van der Waals surface area contributed by atoms with Gasteiger partial charge in [-0.2, -0.15) is 8.78 Å². The van der Waals surface area contributed by atoms with E-state index >= 15 is 0 Å². The first-order valence-corrected chi connectivity index (χ1v) is 8.92. The Hall–Kier alpha value is -3.68. The molecule has 3 rings (SSSR count). The molecule has 1 amide bonds. The molecule has 2 aromatic carbocycles. The van der Waals surface area contributed by atoms with Gasteiger partial charge in [-0.25, -0.2) is 4.39 Å². The molecule has 0 bridgehead atoms. The number of anilines is 1. The fourth-order valence-corrected chi connectivity index (χ4v) is 2.67. The molecule has 1 N–H and O–H groups in total. The van der Waals surface area contributed by atoms with E-state index < -0.39 is 24.1 Å². The van der Waals surface area contributed by atoms with E-state index in [2.05, 4.69) is 16.6 Å². The molecule has 3 aromatic rings. The van der Waals surface area contributed by atoms with Crippen molar-refractivity contribution in [2.24, 2.45) is 0 Å². The Balaban J connectivity index is 1.67. The van der Waals surface area contributed by atoms with Crippen LogP contribution in [0.15, 0.2) is 71.7 Å². The van der Waals surface area contributed by atoms with Crippen LogP contribution in [0.25, 0.3) is 0 Å². The summed E-state index contributed by atoms with van der Waals surface area (Å²) in [7, 11) is 0. The van der Waals surface area contributed by atoms with Crippen LogP contribution in [0.1, 0.15) is 21.9 Å². The van der Waals surface area contributed by atoms with Gasteiger partial charge in [0.1, 0.15) is 23.9 Å². The minimum Gasteiger partial charge on any atom is -0.485 e. The van der Waals surface area contributed by atoms with Crippen LogP contribution in [0.4, 0.5) is 18.9 Å². The van der Waals surface area contributed by atoms with Crippen LogP contribution >= 0.6 is 0 Å². The van der Waals surface area contributed by atoms with Crippen molar-refractivity contribution in [1.29, 1.82) is 0 Å². The van der Waals surface area contributed by atoms with Crippen molar-refractivity contribution in [3.05, 3.63) is 90.2 Å². The van der Waals surface area contributed by atoms with E-state index in [9.17, 15) is 18.0 Å². The van der Waals surface area contributed by atoms with Gasteiger partial charge < -0.3 is 19.2 Å². The Morgan fingerprint density at radius 1 is 1.13 bits per heavy atom. The van der Waals surface area contributed by atoms with Gasteiger partial charge >= 0.3 is 6.61 Å². The van der Waals surface area contributed by atoms with E-state index in [0.717, 1.165) is 23.8 Å². The molecule has 0 unspecified atom stereocenters. The lowest BCUT2D eigenvalue weighted by atomic mass is 10.1. The van der Waals surface area contributed by atoms with Gasteiger partial charge in [0.05, 0.1) is 5.69 Å². The largest absolute Gasteiger partial charge is 0.485 e. The minimum absolute atomic E-state index is 0.0692. The van der Waals surface area contributed by atoms with Crippen molar-refractivity contribution in [1.82, 2.24) is 0 Å². The maximum atomic E-state index is 13.3. The number of nitrogens with one attached hydrogen (secondary N) is 1. The average molecular weight is 417 g/mol. The SMILES string of the molecule is C=CCc1ccccc1OCc1ccc(C(=O)Nc2ccc(F)cc2OC(F)F)o1. The minimum atomic E-state index is -3.17. The molecular weight excluding hydrogens is 399 g/mol. The zero-order valence-electron chi connectivity index (χ0n) is 15.7. The highest BCUT2D eigenvalue weighted by molar-refractivity contribution is 6.03. The van der Waals surface area contributed by atoms with Gasteiger partial charge in [0, 0.05) is 6.07 Å². The number of furan rings is 1. The summed E-state index contributed by atoms with van der Waals surface area (Å²) in [6.45, 7) is 0.623. The number of ether oxygens (including phenoxy) is 2. The van der Waals surface area contributed by atoms with Crippen molar-refractivity contribution < 1.29 is 31.9 Å². The fourth-order valence-electron chi connectivity index (χ4n) is 2.67. The summed E-state index contributed by atoms with van der Waals surface area (Å²) in [5.74, 6) is -0.999. The normalized spacial score (nSPS) is 10.7. The number of hydrogen-bond acceptors (Lipinski definition) is 4. The Morgan fingerprint density at radius 3 is 2.70 bits per heavy atom. The molecule has 0 radical (unpaired) electrons. The first-order valence-electron chi connectivity index (χ1n) is 8.92. The van der Waals surface area contributed by atoms with Gasteiger partial charge in [-0.1, -0.05) is 24.3 Å². The average Bonchev–Trinajstić information content (AvgIpc) is 3.18. The number of para-hydroxylation sites is 1. The Morgan fingerprint density at radius 2 is 1.93 bits per heavy atom. The molecule has 1 aromatic heterocycles. The smallest absolute Gasteiger partial charge is 0.387 e. The van der Waals surface area contributed by atoms with Crippen molar-refractivity contribution in [3.8, 4) is 11.5 Å². The number of halogens is 3. The van der Waals surface area contributed by atoms with Gasteiger partial charge in [-0.15, -0.1) is 6.58 Å². The maximum absolute atomic E-state index is 13.3. The number of allylic oxidation sites excluding steroid dienone is 1. The third-order valence-electron chi connectivity index (χ3n) is 4.00. The number of rotatable bonds is 9. The number of benzene rings is 2. The fraction of sp³-hybridized carbons (Fsp3) is 0.136. The number of hydrogen-bond donors (Lipinski definition) is 1. The monoisotopic (exact) mass is 417 g/mol. The summed E-state index contributed by atoms with van der Waals surface area (Å²) < 4.78 is 53.7. The number of alkyl halides is 2. The highest BCUT2D eigenvalue weighted by Crippen LogP contribution is 2.28. The molecule has 0 aliphatic heterocycles. The Bertz CT molecular complexity index is 1030. The highest BCUT2D eigenvalue weighted by atomic mass is 19.3. The van der Waals surface area contributed by atoms with E-state index in [1.165, 1.54) is 6.07 Å². The summed E-state index contributed by atoms with van der Waals surface area (Å²) in [5.41, 5.74) is 0.842. The zero-order valence-corrected chi connectivity index (χ0v) is 15.7. The summed E-state index contributed by atoms with van der Waals surface area (Å²) in [5, 5.41) is 2.36. The molecule has 0 aliphatic carbocycles.